The van der Waals surface area contributed by atoms with Crippen molar-refractivity contribution >= 4 is 18.3 Å². The van der Waals surface area contributed by atoms with Gasteiger partial charge in [0.25, 0.3) is 0 Å². The Labute approximate surface area is 116 Å². The van der Waals surface area contributed by atoms with E-state index in [0.717, 1.165) is 51.9 Å². The number of nitrogens with zero attached hydrogens (tertiary/aromatic N) is 1. The number of hydrogen-bond donors (Lipinski definition) is 1. The van der Waals surface area contributed by atoms with Gasteiger partial charge in [0.2, 0.25) is 5.91 Å². The number of rotatable bonds is 5. The molecule has 0 saturated carbocycles. The number of carbonyl (C=O) groups excluding carboxylic acids is 1. The van der Waals surface area contributed by atoms with E-state index in [1.807, 2.05) is 11.9 Å². The highest BCUT2D eigenvalue weighted by Crippen LogP contribution is 2.20. The van der Waals surface area contributed by atoms with Gasteiger partial charge in [-0.3, -0.25) is 4.79 Å². The van der Waals surface area contributed by atoms with Gasteiger partial charge in [0.05, 0.1) is 6.10 Å². The van der Waals surface area contributed by atoms with Gasteiger partial charge in [0.15, 0.2) is 0 Å². The Bertz CT molecular complexity index is 257. The lowest BCUT2D eigenvalue weighted by Crippen LogP contribution is -2.30. The number of ether oxygens (including phenoxy) is 1. The van der Waals surface area contributed by atoms with Crippen LogP contribution >= 0.6 is 12.4 Å². The third-order valence-corrected chi connectivity index (χ3v) is 3.84. The minimum atomic E-state index is 0. The first-order chi connectivity index (χ1) is 8.29. The van der Waals surface area contributed by atoms with Crippen molar-refractivity contribution in [1.82, 2.24) is 10.2 Å². The van der Waals surface area contributed by atoms with Crippen LogP contribution in [0.2, 0.25) is 0 Å². The van der Waals surface area contributed by atoms with Gasteiger partial charge in [-0.2, -0.15) is 0 Å². The maximum absolute atomic E-state index is 12.0. The average Bonchev–Trinajstić information content (AvgIpc) is 2.97. The molecule has 0 aromatic carbocycles. The van der Waals surface area contributed by atoms with Gasteiger partial charge >= 0.3 is 0 Å². The van der Waals surface area contributed by atoms with Crippen molar-refractivity contribution in [3.8, 4) is 0 Å². The number of hydrogen-bond acceptors (Lipinski definition) is 3. The molecule has 0 aliphatic carbocycles. The van der Waals surface area contributed by atoms with Crippen LogP contribution in [0.15, 0.2) is 0 Å². The van der Waals surface area contributed by atoms with Crippen LogP contribution in [0.1, 0.15) is 32.1 Å². The molecule has 2 heterocycles. The Morgan fingerprint density at radius 3 is 2.94 bits per heavy atom. The zero-order valence-corrected chi connectivity index (χ0v) is 12.0. The standard InChI is InChI=1S/C13H24N2O2.ClH/c1-14-9-11-6-7-15(10-11)13(16)5-4-12-3-2-8-17-12;/h11-12,14H,2-10H2,1H3;1H. The predicted octanol–water partition coefficient (Wildman–Crippen LogP) is 1.44. The van der Waals surface area contributed by atoms with E-state index in [0.29, 0.717) is 24.3 Å². The number of nitrogens with one attached hydrogen (secondary N) is 1. The van der Waals surface area contributed by atoms with Gasteiger partial charge in [-0.1, -0.05) is 0 Å². The van der Waals surface area contributed by atoms with Crippen molar-refractivity contribution in [3.63, 3.8) is 0 Å². The highest BCUT2D eigenvalue weighted by Gasteiger charge is 2.26. The fraction of sp³-hybridized carbons (Fsp3) is 0.923. The van der Waals surface area contributed by atoms with Crippen molar-refractivity contribution in [3.05, 3.63) is 0 Å². The molecule has 2 fully saturated rings. The Hall–Kier alpha value is -0.320. The summed E-state index contributed by atoms with van der Waals surface area (Å²) in [5, 5.41) is 3.19. The summed E-state index contributed by atoms with van der Waals surface area (Å²) >= 11 is 0. The van der Waals surface area contributed by atoms with Gasteiger partial charge in [-0.15, -0.1) is 12.4 Å². The summed E-state index contributed by atoms with van der Waals surface area (Å²) < 4.78 is 5.54. The highest BCUT2D eigenvalue weighted by molar-refractivity contribution is 5.85. The third kappa shape index (κ3) is 4.41. The molecule has 0 spiro atoms. The lowest BCUT2D eigenvalue weighted by Gasteiger charge is -2.17. The van der Waals surface area contributed by atoms with Gasteiger partial charge < -0.3 is 15.0 Å². The van der Waals surface area contributed by atoms with Crippen LogP contribution in [0.5, 0.6) is 0 Å². The van der Waals surface area contributed by atoms with Crippen LogP contribution in [-0.2, 0) is 9.53 Å². The maximum atomic E-state index is 12.0. The first kappa shape index (κ1) is 15.7. The summed E-state index contributed by atoms with van der Waals surface area (Å²) in [5.74, 6) is 0.964. The molecule has 2 unspecified atom stereocenters. The minimum absolute atomic E-state index is 0. The molecule has 0 aromatic heterocycles. The molecular weight excluding hydrogens is 252 g/mol. The van der Waals surface area contributed by atoms with Gasteiger partial charge in [-0.25, -0.2) is 0 Å². The highest BCUT2D eigenvalue weighted by atomic mass is 35.5. The summed E-state index contributed by atoms with van der Waals surface area (Å²) in [6.45, 7) is 3.78. The number of halogens is 1. The maximum Gasteiger partial charge on any atom is 0.222 e. The van der Waals surface area contributed by atoms with Crippen molar-refractivity contribution in [2.24, 2.45) is 5.92 Å². The first-order valence-corrected chi connectivity index (χ1v) is 6.83. The van der Waals surface area contributed by atoms with Gasteiger partial charge in [-0.05, 0) is 45.2 Å². The average molecular weight is 277 g/mol. The van der Waals surface area contributed by atoms with E-state index >= 15 is 0 Å². The van der Waals surface area contributed by atoms with Crippen LogP contribution in [0, 0.1) is 5.92 Å². The van der Waals surface area contributed by atoms with Crippen molar-refractivity contribution in [2.45, 2.75) is 38.2 Å². The zero-order chi connectivity index (χ0) is 12.1. The van der Waals surface area contributed by atoms with E-state index in [4.69, 9.17) is 4.74 Å². The summed E-state index contributed by atoms with van der Waals surface area (Å²) in [6, 6.07) is 0. The molecule has 1 N–H and O–H groups in total. The fourth-order valence-corrected chi connectivity index (χ4v) is 2.83. The van der Waals surface area contributed by atoms with Crippen LogP contribution in [-0.4, -0.2) is 50.2 Å². The predicted molar refractivity (Wildman–Crippen MR) is 74.1 cm³/mol. The minimum Gasteiger partial charge on any atom is -0.378 e. The van der Waals surface area contributed by atoms with E-state index in [1.165, 1.54) is 0 Å². The molecule has 2 rings (SSSR count). The van der Waals surface area contributed by atoms with Crippen LogP contribution in [0.3, 0.4) is 0 Å². The molecule has 2 aliphatic heterocycles. The smallest absolute Gasteiger partial charge is 0.222 e. The third-order valence-electron chi connectivity index (χ3n) is 3.84. The molecular formula is C13H25ClN2O2. The van der Waals surface area contributed by atoms with Crippen molar-refractivity contribution < 1.29 is 9.53 Å². The molecule has 2 aliphatic rings. The second kappa shape index (κ2) is 7.97. The Balaban J connectivity index is 0.00000162. The molecule has 5 heteroatoms. The fourth-order valence-electron chi connectivity index (χ4n) is 2.83. The Morgan fingerprint density at radius 2 is 2.28 bits per heavy atom. The second-order valence-corrected chi connectivity index (χ2v) is 5.23. The van der Waals surface area contributed by atoms with Gasteiger partial charge in [0.1, 0.15) is 0 Å². The van der Waals surface area contributed by atoms with E-state index in [2.05, 4.69) is 5.32 Å². The van der Waals surface area contributed by atoms with E-state index in [-0.39, 0.29) is 12.4 Å². The van der Waals surface area contributed by atoms with Gasteiger partial charge in [0, 0.05) is 26.1 Å². The Morgan fingerprint density at radius 1 is 1.44 bits per heavy atom. The number of likely N-dealkylation sites (tertiary alicyclic amines) is 1. The topological polar surface area (TPSA) is 41.6 Å². The molecule has 0 radical (unpaired) electrons. The van der Waals surface area contributed by atoms with E-state index in [9.17, 15) is 4.79 Å². The first-order valence-electron chi connectivity index (χ1n) is 6.83. The summed E-state index contributed by atoms with van der Waals surface area (Å²) in [5.41, 5.74) is 0. The molecule has 18 heavy (non-hydrogen) atoms. The van der Waals surface area contributed by atoms with Crippen LogP contribution in [0.25, 0.3) is 0 Å². The van der Waals surface area contributed by atoms with Crippen molar-refractivity contribution in [1.29, 1.82) is 0 Å². The molecule has 2 atom stereocenters. The molecule has 2 saturated heterocycles. The molecule has 4 nitrogen and oxygen atoms in total. The van der Waals surface area contributed by atoms with E-state index in [1.54, 1.807) is 0 Å². The van der Waals surface area contributed by atoms with Crippen molar-refractivity contribution in [2.75, 3.05) is 33.3 Å². The van der Waals surface area contributed by atoms with Crippen LogP contribution < -0.4 is 5.32 Å². The normalized spacial score (nSPS) is 27.3. The second-order valence-electron chi connectivity index (χ2n) is 5.23. The lowest BCUT2D eigenvalue weighted by atomic mass is 10.1. The number of carbonyl (C=O) groups is 1. The summed E-state index contributed by atoms with van der Waals surface area (Å²) in [6.07, 6.45) is 5.35. The summed E-state index contributed by atoms with van der Waals surface area (Å²) in [7, 11) is 1.97. The lowest BCUT2D eigenvalue weighted by molar-refractivity contribution is -0.130. The Kier molecular flexibility index (Phi) is 6.97. The zero-order valence-electron chi connectivity index (χ0n) is 11.2. The largest absolute Gasteiger partial charge is 0.378 e. The molecule has 1 amide bonds. The SMILES string of the molecule is CNCC1CCN(C(=O)CCC2CCCO2)C1.Cl. The molecule has 0 aromatic rings. The number of amides is 1. The monoisotopic (exact) mass is 276 g/mol. The molecule has 106 valence electrons. The quantitative estimate of drug-likeness (QED) is 0.826. The van der Waals surface area contributed by atoms with Crippen LogP contribution in [0.4, 0.5) is 0 Å². The molecule has 0 bridgehead atoms. The van der Waals surface area contributed by atoms with E-state index < -0.39 is 0 Å². The summed E-state index contributed by atoms with van der Waals surface area (Å²) in [4.78, 5) is 14.0.